The quantitative estimate of drug-likeness (QED) is 0.463. The zero-order chi connectivity index (χ0) is 34.3. The summed E-state index contributed by atoms with van der Waals surface area (Å²) in [6.07, 6.45) is 8.75. The van der Waals surface area contributed by atoms with E-state index in [0.29, 0.717) is 71.5 Å². The van der Waals surface area contributed by atoms with Crippen LogP contribution in [0.15, 0.2) is 35.5 Å². The van der Waals surface area contributed by atoms with Crippen LogP contribution in [0, 0.1) is 18.3 Å². The summed E-state index contributed by atoms with van der Waals surface area (Å²) in [6, 6.07) is 7.97. The fourth-order valence-electron chi connectivity index (χ4n) is 8.79. The first kappa shape index (κ1) is 33.4. The minimum absolute atomic E-state index is 0.00504. The molecule has 1 spiro atoms. The van der Waals surface area contributed by atoms with Gasteiger partial charge in [-0.1, -0.05) is 6.07 Å². The fraction of sp³-hybridized carbons (Fsp3) is 0.579. The Morgan fingerprint density at radius 2 is 1.73 bits per heavy atom. The van der Waals surface area contributed by atoms with Crippen LogP contribution in [0.4, 0.5) is 5.69 Å². The minimum Gasteiger partial charge on any atom is -0.343 e. The summed E-state index contributed by atoms with van der Waals surface area (Å²) in [6.45, 7) is 8.61. The number of fused-ring (bicyclic) bond motifs is 2. The second-order valence-corrected chi connectivity index (χ2v) is 14.9. The molecule has 2 aromatic rings. The third-order valence-electron chi connectivity index (χ3n) is 11.9. The average molecular weight is 668 g/mol. The van der Waals surface area contributed by atoms with E-state index in [-0.39, 0.29) is 47.5 Å². The van der Waals surface area contributed by atoms with E-state index >= 15 is 0 Å². The van der Waals surface area contributed by atoms with Gasteiger partial charge in [0.05, 0.1) is 36.3 Å². The Bertz CT molecular complexity index is 1660. The van der Waals surface area contributed by atoms with Crippen molar-refractivity contribution in [2.45, 2.75) is 83.8 Å². The second-order valence-electron chi connectivity index (χ2n) is 14.9. The zero-order valence-corrected chi connectivity index (χ0v) is 29.1. The van der Waals surface area contributed by atoms with E-state index in [1.165, 1.54) is 11.1 Å². The van der Waals surface area contributed by atoms with Gasteiger partial charge in [0.1, 0.15) is 0 Å². The summed E-state index contributed by atoms with van der Waals surface area (Å²) >= 11 is 0. The number of anilines is 1. The smallest absolute Gasteiger partial charge is 0.239 e. The maximum Gasteiger partial charge on any atom is 0.239 e. The molecule has 11 nitrogen and oxygen atoms in total. The molecule has 3 fully saturated rings. The minimum atomic E-state index is -0.465. The van der Waals surface area contributed by atoms with Crippen LogP contribution >= 0.6 is 0 Å². The highest BCUT2D eigenvalue weighted by Gasteiger charge is 2.45. The fourth-order valence-corrected chi connectivity index (χ4v) is 8.79. The highest BCUT2D eigenvalue weighted by molar-refractivity contribution is 6.01. The van der Waals surface area contributed by atoms with Crippen molar-refractivity contribution in [2.75, 3.05) is 51.2 Å². The number of benzene rings is 1. The number of aromatic nitrogens is 1. The molecule has 260 valence electrons. The maximum absolute atomic E-state index is 14.4. The number of carbonyl (C=O) groups excluding carboxylic acids is 4. The molecular formula is C38H49N7O4. The monoisotopic (exact) mass is 667 g/mol. The lowest BCUT2D eigenvalue weighted by Gasteiger charge is -2.40. The lowest BCUT2D eigenvalue weighted by molar-refractivity contribution is -0.141. The first-order chi connectivity index (χ1) is 23.6. The van der Waals surface area contributed by atoms with Crippen LogP contribution in [-0.4, -0.2) is 108 Å². The normalized spacial score (nSPS) is 21.3. The van der Waals surface area contributed by atoms with Crippen molar-refractivity contribution in [3.63, 3.8) is 0 Å². The largest absolute Gasteiger partial charge is 0.343 e. The van der Waals surface area contributed by atoms with Gasteiger partial charge in [0, 0.05) is 64.1 Å². The molecule has 1 aromatic carbocycles. The molecule has 11 heteroatoms. The van der Waals surface area contributed by atoms with Crippen molar-refractivity contribution in [1.29, 1.82) is 0 Å². The summed E-state index contributed by atoms with van der Waals surface area (Å²) in [5.74, 6) is -0.194. The summed E-state index contributed by atoms with van der Waals surface area (Å²) < 4.78 is 0. The highest BCUT2D eigenvalue weighted by atomic mass is 16.2. The first-order valence-electron chi connectivity index (χ1n) is 18.1. The van der Waals surface area contributed by atoms with Gasteiger partial charge in [-0.2, -0.15) is 0 Å². The Hall–Kier alpha value is -4.12. The van der Waals surface area contributed by atoms with Gasteiger partial charge >= 0.3 is 0 Å². The molecule has 3 saturated heterocycles. The van der Waals surface area contributed by atoms with Crippen LogP contribution in [0.2, 0.25) is 0 Å². The van der Waals surface area contributed by atoms with Crippen LogP contribution in [0.5, 0.6) is 0 Å². The van der Waals surface area contributed by atoms with E-state index in [1.54, 1.807) is 6.20 Å². The Kier molecular flexibility index (Phi) is 9.30. The number of aryl methyl sites for hydroxylation is 1. The van der Waals surface area contributed by atoms with Crippen molar-refractivity contribution in [3.05, 3.63) is 58.4 Å². The molecule has 5 aliphatic heterocycles. The lowest BCUT2D eigenvalue weighted by Crippen LogP contribution is -2.50. The standard InChI is InChI=1S/C38H49N7O4/c1-25-17-27(19-29-22-40-23-31(25)29)18-28(37(49)44-16-10-38(24-44)8-14-43(15-9-38)36(48)26(2)39-3)20-34(46)42-12-6-30(7-13-42)45-33-5-4-11-41-32(33)21-35(45)47/h4-5,11,17,19,22,26,28,30,39H,6-10,12-16,18,20-21,23-24H2,1-3H3/t26-,28+/m1/s1. The Labute approximate surface area is 289 Å². The van der Waals surface area contributed by atoms with Gasteiger partial charge in [-0.25, -0.2) is 0 Å². The number of nitrogens with zero attached hydrogens (tertiary/aromatic N) is 6. The number of pyridine rings is 1. The highest BCUT2D eigenvalue weighted by Crippen LogP contribution is 2.41. The van der Waals surface area contributed by atoms with Crippen molar-refractivity contribution in [3.8, 4) is 0 Å². The zero-order valence-electron chi connectivity index (χ0n) is 29.1. The summed E-state index contributed by atoms with van der Waals surface area (Å²) in [5, 5.41) is 3.05. The van der Waals surface area contributed by atoms with Gasteiger partial charge in [0.25, 0.3) is 0 Å². The SMILES string of the molecule is CN[C@H](C)C(=O)N1CCC2(CCN(C(=O)[C@H](CC(=O)N3CCC(N4C(=O)Cc5ncccc54)CC3)Cc3cc(C)c4c(c3)C=NC4)C2)CC1. The van der Waals surface area contributed by atoms with E-state index in [2.05, 4.69) is 34.3 Å². The van der Waals surface area contributed by atoms with E-state index in [4.69, 9.17) is 0 Å². The average Bonchev–Trinajstić information content (AvgIpc) is 3.84. The Balaban J connectivity index is 1.02. The molecule has 6 heterocycles. The van der Waals surface area contributed by atoms with Gasteiger partial charge in [-0.05, 0) is 105 Å². The summed E-state index contributed by atoms with van der Waals surface area (Å²) in [7, 11) is 1.81. The van der Waals surface area contributed by atoms with Gasteiger partial charge in [0.15, 0.2) is 0 Å². The maximum atomic E-state index is 14.4. The van der Waals surface area contributed by atoms with Crippen LogP contribution in [0.1, 0.15) is 73.4 Å². The third-order valence-corrected chi connectivity index (χ3v) is 11.9. The van der Waals surface area contributed by atoms with E-state index < -0.39 is 5.92 Å². The van der Waals surface area contributed by atoms with E-state index in [0.717, 1.165) is 41.8 Å². The molecule has 1 aromatic heterocycles. The van der Waals surface area contributed by atoms with Crippen molar-refractivity contribution < 1.29 is 19.2 Å². The number of nitrogens with one attached hydrogen (secondary N) is 1. The predicted molar refractivity (Wildman–Crippen MR) is 187 cm³/mol. The van der Waals surface area contributed by atoms with E-state index in [9.17, 15) is 19.2 Å². The van der Waals surface area contributed by atoms with Gasteiger partial charge in [0.2, 0.25) is 23.6 Å². The number of amides is 4. The molecule has 0 radical (unpaired) electrons. The number of piperidine rings is 2. The van der Waals surface area contributed by atoms with Gasteiger partial charge in [-0.15, -0.1) is 0 Å². The second kappa shape index (κ2) is 13.7. The number of rotatable bonds is 8. The van der Waals surface area contributed by atoms with Crippen molar-refractivity contribution >= 4 is 35.5 Å². The third kappa shape index (κ3) is 6.61. The number of carbonyl (C=O) groups is 4. The Morgan fingerprint density at radius 1 is 1.00 bits per heavy atom. The van der Waals surface area contributed by atoms with Crippen LogP contribution in [-0.2, 0) is 38.6 Å². The van der Waals surface area contributed by atoms with Crippen molar-refractivity contribution in [1.82, 2.24) is 25.0 Å². The number of likely N-dealkylation sites (N-methyl/N-ethyl adjacent to an activating group) is 1. The summed E-state index contributed by atoms with van der Waals surface area (Å²) in [4.78, 5) is 70.6. The first-order valence-corrected chi connectivity index (χ1v) is 18.1. The van der Waals surface area contributed by atoms with Gasteiger partial charge in [-0.3, -0.25) is 29.2 Å². The van der Waals surface area contributed by atoms with Crippen LogP contribution in [0.3, 0.4) is 0 Å². The van der Waals surface area contributed by atoms with E-state index in [1.807, 2.05) is 51.9 Å². The molecular weight excluding hydrogens is 618 g/mol. The van der Waals surface area contributed by atoms with Gasteiger partial charge < -0.3 is 24.9 Å². The molecule has 0 unspecified atom stereocenters. The molecule has 5 aliphatic rings. The Morgan fingerprint density at radius 3 is 2.47 bits per heavy atom. The molecule has 0 bridgehead atoms. The number of hydrogen-bond donors (Lipinski definition) is 1. The van der Waals surface area contributed by atoms with Crippen LogP contribution in [0.25, 0.3) is 0 Å². The van der Waals surface area contributed by atoms with Crippen molar-refractivity contribution in [2.24, 2.45) is 16.3 Å². The molecule has 0 aliphatic carbocycles. The van der Waals surface area contributed by atoms with Crippen LogP contribution < -0.4 is 10.2 Å². The molecule has 0 saturated carbocycles. The molecule has 7 rings (SSSR count). The molecule has 4 amide bonds. The predicted octanol–water partition coefficient (Wildman–Crippen LogP) is 2.90. The molecule has 1 N–H and O–H groups in total. The summed E-state index contributed by atoms with van der Waals surface area (Å²) in [5.41, 5.74) is 6.32. The molecule has 49 heavy (non-hydrogen) atoms. The molecule has 2 atom stereocenters. The lowest BCUT2D eigenvalue weighted by atomic mass is 9.77. The number of aliphatic imine (C=N–C) groups is 1. The number of hydrogen-bond acceptors (Lipinski definition) is 7. The topological polar surface area (TPSA) is 119 Å². The number of likely N-dealkylation sites (tertiary alicyclic amines) is 3.